The van der Waals surface area contributed by atoms with Gasteiger partial charge < -0.3 is 23.9 Å². The molecule has 7 heteroatoms. The first-order chi connectivity index (χ1) is 11.9. The molecule has 3 rings (SSSR count). The van der Waals surface area contributed by atoms with Crippen molar-refractivity contribution in [2.24, 2.45) is 0 Å². The van der Waals surface area contributed by atoms with E-state index in [9.17, 15) is 9.59 Å². The topological polar surface area (TPSA) is 86.9 Å². The van der Waals surface area contributed by atoms with E-state index in [1.807, 2.05) is 0 Å². The zero-order valence-corrected chi connectivity index (χ0v) is 14.5. The maximum atomic E-state index is 12.5. The van der Waals surface area contributed by atoms with E-state index >= 15 is 0 Å². The number of benzene rings is 1. The number of nitrogens with one attached hydrogen (secondary N) is 1. The number of hydrogen-bond acceptors (Lipinski definition) is 6. The SMILES string of the molecule is Cc1[nH]c(C(=O)Oc2ccc3c(c2)OCO3)c(C)c1C(=O)OC(C)C. The quantitative estimate of drug-likeness (QED) is 0.677. The molecule has 25 heavy (non-hydrogen) atoms. The number of esters is 2. The van der Waals surface area contributed by atoms with Crippen LogP contribution in [-0.2, 0) is 4.74 Å². The molecular formula is C18H19NO6. The lowest BCUT2D eigenvalue weighted by Crippen LogP contribution is -2.14. The maximum Gasteiger partial charge on any atom is 0.360 e. The van der Waals surface area contributed by atoms with Crippen LogP contribution >= 0.6 is 0 Å². The Morgan fingerprint density at radius 1 is 1.12 bits per heavy atom. The molecule has 0 unspecified atom stereocenters. The normalized spacial score (nSPS) is 12.4. The van der Waals surface area contributed by atoms with E-state index in [-0.39, 0.29) is 18.6 Å². The average molecular weight is 345 g/mol. The van der Waals surface area contributed by atoms with E-state index in [2.05, 4.69) is 4.98 Å². The molecular weight excluding hydrogens is 326 g/mol. The van der Waals surface area contributed by atoms with Crippen molar-refractivity contribution in [3.05, 3.63) is 40.7 Å². The zero-order chi connectivity index (χ0) is 18.1. The smallest absolute Gasteiger partial charge is 0.360 e. The Bertz CT molecular complexity index is 836. The summed E-state index contributed by atoms with van der Waals surface area (Å²) in [6.45, 7) is 7.06. The van der Waals surface area contributed by atoms with Crippen LogP contribution in [0, 0.1) is 13.8 Å². The average Bonchev–Trinajstić information content (AvgIpc) is 3.10. The van der Waals surface area contributed by atoms with E-state index in [0.29, 0.717) is 34.1 Å². The molecule has 1 N–H and O–H groups in total. The number of H-pyrrole nitrogens is 1. The van der Waals surface area contributed by atoms with Crippen molar-refractivity contribution in [1.82, 2.24) is 4.98 Å². The summed E-state index contributed by atoms with van der Waals surface area (Å²) in [5, 5.41) is 0. The van der Waals surface area contributed by atoms with E-state index in [4.69, 9.17) is 18.9 Å². The predicted molar refractivity (Wildman–Crippen MR) is 88.3 cm³/mol. The van der Waals surface area contributed by atoms with Gasteiger partial charge in [0.05, 0.1) is 11.7 Å². The first kappa shape index (κ1) is 16.9. The summed E-state index contributed by atoms with van der Waals surface area (Å²) in [5.74, 6) is 0.384. The monoisotopic (exact) mass is 345 g/mol. The highest BCUT2D eigenvalue weighted by molar-refractivity contribution is 5.99. The number of rotatable bonds is 4. The summed E-state index contributed by atoms with van der Waals surface area (Å²) in [7, 11) is 0. The molecule has 2 aromatic rings. The summed E-state index contributed by atoms with van der Waals surface area (Å²) in [6, 6.07) is 4.87. The number of fused-ring (bicyclic) bond motifs is 1. The molecule has 0 fully saturated rings. The summed E-state index contributed by atoms with van der Waals surface area (Å²) in [6.07, 6.45) is -0.245. The van der Waals surface area contributed by atoms with E-state index in [0.717, 1.165) is 0 Å². The minimum Gasteiger partial charge on any atom is -0.459 e. The van der Waals surface area contributed by atoms with Gasteiger partial charge in [-0.2, -0.15) is 0 Å². The second-order valence-corrected chi connectivity index (χ2v) is 5.98. The van der Waals surface area contributed by atoms with Crippen LogP contribution in [0.2, 0.25) is 0 Å². The highest BCUT2D eigenvalue weighted by Gasteiger charge is 2.25. The molecule has 0 spiro atoms. The molecule has 2 heterocycles. The van der Waals surface area contributed by atoms with E-state index in [1.165, 1.54) is 0 Å². The van der Waals surface area contributed by atoms with Gasteiger partial charge in [0.15, 0.2) is 11.5 Å². The fraction of sp³-hybridized carbons (Fsp3) is 0.333. The zero-order valence-electron chi connectivity index (χ0n) is 14.5. The van der Waals surface area contributed by atoms with Crippen molar-refractivity contribution < 1.29 is 28.5 Å². The van der Waals surface area contributed by atoms with Crippen molar-refractivity contribution in [3.8, 4) is 17.2 Å². The number of aromatic nitrogens is 1. The molecule has 0 bridgehead atoms. The van der Waals surface area contributed by atoms with Gasteiger partial charge in [0.1, 0.15) is 11.4 Å². The van der Waals surface area contributed by atoms with Crippen LogP contribution in [0.25, 0.3) is 0 Å². The van der Waals surface area contributed by atoms with Gasteiger partial charge in [-0.1, -0.05) is 0 Å². The summed E-state index contributed by atoms with van der Waals surface area (Å²) >= 11 is 0. The highest BCUT2D eigenvalue weighted by Crippen LogP contribution is 2.35. The van der Waals surface area contributed by atoms with Crippen molar-refractivity contribution in [3.63, 3.8) is 0 Å². The van der Waals surface area contributed by atoms with Crippen LogP contribution in [0.15, 0.2) is 18.2 Å². The summed E-state index contributed by atoms with van der Waals surface area (Å²) in [5.41, 5.74) is 1.62. The Labute approximate surface area is 144 Å². The van der Waals surface area contributed by atoms with Gasteiger partial charge in [-0.05, 0) is 45.4 Å². The van der Waals surface area contributed by atoms with Crippen LogP contribution in [0.5, 0.6) is 17.2 Å². The molecule has 0 atom stereocenters. The number of hydrogen-bond donors (Lipinski definition) is 1. The van der Waals surface area contributed by atoms with Crippen LogP contribution in [-0.4, -0.2) is 29.8 Å². The Kier molecular flexibility index (Phi) is 4.39. The van der Waals surface area contributed by atoms with Crippen LogP contribution < -0.4 is 14.2 Å². The minimum absolute atomic E-state index is 0.142. The van der Waals surface area contributed by atoms with E-state index in [1.54, 1.807) is 45.9 Å². The molecule has 1 aliphatic rings. The third kappa shape index (κ3) is 3.31. The molecule has 1 aromatic heterocycles. The largest absolute Gasteiger partial charge is 0.459 e. The molecule has 1 aromatic carbocycles. The second kappa shape index (κ2) is 6.51. The number of aromatic amines is 1. The van der Waals surface area contributed by atoms with Crippen molar-refractivity contribution in [1.29, 1.82) is 0 Å². The minimum atomic E-state index is -0.594. The molecule has 0 radical (unpaired) electrons. The van der Waals surface area contributed by atoms with Crippen molar-refractivity contribution in [2.45, 2.75) is 33.8 Å². The van der Waals surface area contributed by atoms with Crippen LogP contribution in [0.1, 0.15) is 46.0 Å². The van der Waals surface area contributed by atoms with Crippen molar-refractivity contribution >= 4 is 11.9 Å². The standard InChI is InChI=1S/C18H19NO6/c1-9(2)24-17(20)15-10(3)16(19-11(15)4)18(21)25-12-5-6-13-14(7-12)23-8-22-13/h5-7,9,19H,8H2,1-4H3. The Hall–Kier alpha value is -2.96. The molecule has 0 amide bonds. The van der Waals surface area contributed by atoms with Gasteiger partial charge in [-0.25, -0.2) is 9.59 Å². The maximum absolute atomic E-state index is 12.5. The third-order valence-corrected chi connectivity index (χ3v) is 3.74. The lowest BCUT2D eigenvalue weighted by Gasteiger charge is -2.08. The first-order valence-electron chi connectivity index (χ1n) is 7.88. The van der Waals surface area contributed by atoms with Gasteiger partial charge in [0, 0.05) is 11.8 Å². The van der Waals surface area contributed by atoms with Crippen LogP contribution in [0.4, 0.5) is 0 Å². The Morgan fingerprint density at radius 3 is 2.56 bits per heavy atom. The summed E-state index contributed by atoms with van der Waals surface area (Å²) in [4.78, 5) is 27.6. The number of carbonyl (C=O) groups is 2. The number of carbonyl (C=O) groups excluding carboxylic acids is 2. The Morgan fingerprint density at radius 2 is 1.84 bits per heavy atom. The molecule has 0 saturated heterocycles. The number of ether oxygens (including phenoxy) is 4. The van der Waals surface area contributed by atoms with Gasteiger partial charge in [-0.15, -0.1) is 0 Å². The molecule has 7 nitrogen and oxygen atoms in total. The predicted octanol–water partition coefficient (Wildman–Crippen LogP) is 3.14. The highest BCUT2D eigenvalue weighted by atomic mass is 16.7. The van der Waals surface area contributed by atoms with E-state index < -0.39 is 11.9 Å². The number of aryl methyl sites for hydroxylation is 1. The van der Waals surface area contributed by atoms with Crippen molar-refractivity contribution in [2.75, 3.05) is 6.79 Å². The lowest BCUT2D eigenvalue weighted by atomic mass is 10.1. The molecule has 132 valence electrons. The Balaban J connectivity index is 1.82. The van der Waals surface area contributed by atoms with Gasteiger partial charge in [0.2, 0.25) is 6.79 Å². The fourth-order valence-electron chi connectivity index (χ4n) is 2.63. The van der Waals surface area contributed by atoms with Gasteiger partial charge in [-0.3, -0.25) is 0 Å². The molecule has 0 saturated carbocycles. The first-order valence-corrected chi connectivity index (χ1v) is 7.88. The second-order valence-electron chi connectivity index (χ2n) is 5.98. The van der Waals surface area contributed by atoms with Gasteiger partial charge >= 0.3 is 11.9 Å². The van der Waals surface area contributed by atoms with Crippen LogP contribution in [0.3, 0.4) is 0 Å². The lowest BCUT2D eigenvalue weighted by molar-refractivity contribution is 0.0376. The molecule has 0 aliphatic carbocycles. The fourth-order valence-corrected chi connectivity index (χ4v) is 2.63. The van der Waals surface area contributed by atoms with Gasteiger partial charge in [0.25, 0.3) is 0 Å². The molecule has 1 aliphatic heterocycles. The third-order valence-electron chi connectivity index (χ3n) is 3.74. The summed E-state index contributed by atoms with van der Waals surface area (Å²) < 4.78 is 21.1.